The molecule has 0 radical (unpaired) electrons. The van der Waals surface area contributed by atoms with Gasteiger partial charge in [-0.05, 0) is 29.7 Å². The zero-order valence-electron chi connectivity index (χ0n) is 17.2. The van der Waals surface area contributed by atoms with Gasteiger partial charge in [0.2, 0.25) is 11.9 Å². The maximum Gasteiger partial charge on any atom is 0.231 e. The minimum absolute atomic E-state index is 0.00117. The number of para-hydroxylation sites is 1. The number of anilines is 2. The summed E-state index contributed by atoms with van der Waals surface area (Å²) in [5, 5.41) is 20.5. The maximum absolute atomic E-state index is 10.4. The van der Waals surface area contributed by atoms with Crippen molar-refractivity contribution in [3.63, 3.8) is 0 Å². The van der Waals surface area contributed by atoms with Crippen LogP contribution in [0.3, 0.4) is 0 Å². The molecule has 1 aromatic heterocycles. The monoisotopic (exact) mass is 419 g/mol. The number of aliphatic hydroxyl groups is 1. The molecule has 0 unspecified atom stereocenters. The summed E-state index contributed by atoms with van der Waals surface area (Å²) in [5.41, 5.74) is 2.99. The highest BCUT2D eigenvalue weighted by atomic mass is 16.5. The normalized spacial score (nSPS) is 18.7. The van der Waals surface area contributed by atoms with Crippen LogP contribution in [-0.4, -0.2) is 64.1 Å². The first-order valence-electron chi connectivity index (χ1n) is 10.5. The number of aromatic hydroxyl groups is 1. The second-order valence-electron chi connectivity index (χ2n) is 7.81. The topological polar surface area (TPSA) is 94.8 Å². The van der Waals surface area contributed by atoms with E-state index in [2.05, 4.69) is 22.0 Å². The summed E-state index contributed by atoms with van der Waals surface area (Å²) in [6.45, 7) is 3.21. The largest absolute Gasteiger partial charge is 0.507 e. The van der Waals surface area contributed by atoms with E-state index in [-0.39, 0.29) is 18.4 Å². The molecule has 0 aliphatic carbocycles. The lowest BCUT2D eigenvalue weighted by atomic mass is 9.94. The van der Waals surface area contributed by atoms with E-state index in [1.54, 1.807) is 18.2 Å². The number of phenolic OH excluding ortho intramolecular Hbond substituents is 1. The van der Waals surface area contributed by atoms with E-state index in [9.17, 15) is 10.2 Å². The zero-order valence-corrected chi connectivity index (χ0v) is 17.2. The minimum Gasteiger partial charge on any atom is -0.507 e. The Labute approximate surface area is 180 Å². The van der Waals surface area contributed by atoms with E-state index < -0.39 is 0 Å². The van der Waals surface area contributed by atoms with Crippen molar-refractivity contribution in [1.29, 1.82) is 0 Å². The summed E-state index contributed by atoms with van der Waals surface area (Å²) >= 11 is 0. The standard InChI is InChI=1S/C23H25N5O3/c29-15-18-13-16-5-1-2-6-17(16)14-28(18)23-25-21(19-7-3-4-8-20(19)30)24-22(26-23)27-9-11-31-12-10-27/h1-8,18,29-30H,9-15H2/t18-/m0/s1. The van der Waals surface area contributed by atoms with Gasteiger partial charge in [-0.25, -0.2) is 0 Å². The van der Waals surface area contributed by atoms with Crippen LogP contribution in [0.4, 0.5) is 11.9 Å². The van der Waals surface area contributed by atoms with Gasteiger partial charge in [0.25, 0.3) is 0 Å². The van der Waals surface area contributed by atoms with Crippen LogP contribution < -0.4 is 9.80 Å². The molecule has 5 rings (SSSR count). The number of fused-ring (bicyclic) bond motifs is 1. The fourth-order valence-corrected chi connectivity index (χ4v) is 4.15. The van der Waals surface area contributed by atoms with Gasteiger partial charge in [0, 0.05) is 19.6 Å². The Morgan fingerprint density at radius 3 is 2.39 bits per heavy atom. The zero-order chi connectivity index (χ0) is 21.2. The van der Waals surface area contributed by atoms with Crippen LogP contribution in [-0.2, 0) is 17.7 Å². The average molecular weight is 419 g/mol. The highest BCUT2D eigenvalue weighted by molar-refractivity contribution is 5.65. The van der Waals surface area contributed by atoms with Crippen molar-refractivity contribution in [2.75, 3.05) is 42.7 Å². The van der Waals surface area contributed by atoms with Gasteiger partial charge in [-0.15, -0.1) is 0 Å². The Bertz CT molecular complexity index is 1070. The fraction of sp³-hybridized carbons (Fsp3) is 0.348. The van der Waals surface area contributed by atoms with Crippen LogP contribution in [0.15, 0.2) is 48.5 Å². The van der Waals surface area contributed by atoms with E-state index in [1.165, 1.54) is 11.1 Å². The highest BCUT2D eigenvalue weighted by Crippen LogP contribution is 2.31. The Balaban J connectivity index is 1.60. The molecule has 2 aliphatic heterocycles. The number of aliphatic hydroxyl groups excluding tert-OH is 1. The summed E-state index contributed by atoms with van der Waals surface area (Å²) in [5.74, 6) is 1.60. The van der Waals surface area contributed by atoms with Crippen molar-refractivity contribution >= 4 is 11.9 Å². The number of aromatic nitrogens is 3. The highest BCUT2D eigenvalue weighted by Gasteiger charge is 2.29. The molecule has 0 bridgehead atoms. The molecule has 8 heteroatoms. The summed E-state index contributed by atoms with van der Waals surface area (Å²) in [6, 6.07) is 15.2. The SMILES string of the molecule is OC[C@@H]1Cc2ccccc2CN1c1nc(-c2ccccc2O)nc(N2CCOCC2)n1. The molecule has 3 heterocycles. The molecule has 3 aromatic rings. The van der Waals surface area contributed by atoms with E-state index in [0.717, 1.165) is 6.42 Å². The molecule has 0 amide bonds. The lowest BCUT2D eigenvalue weighted by Gasteiger charge is -2.36. The van der Waals surface area contributed by atoms with Gasteiger partial charge in [-0.3, -0.25) is 0 Å². The molecule has 8 nitrogen and oxygen atoms in total. The fourth-order valence-electron chi connectivity index (χ4n) is 4.15. The average Bonchev–Trinajstić information content (AvgIpc) is 2.83. The molecule has 160 valence electrons. The van der Waals surface area contributed by atoms with Gasteiger partial charge in [0.05, 0.1) is 31.4 Å². The number of hydrogen-bond acceptors (Lipinski definition) is 8. The van der Waals surface area contributed by atoms with Crippen molar-refractivity contribution in [3.05, 3.63) is 59.7 Å². The van der Waals surface area contributed by atoms with Crippen LogP contribution in [0.2, 0.25) is 0 Å². The molecular formula is C23H25N5O3. The maximum atomic E-state index is 10.4. The van der Waals surface area contributed by atoms with Gasteiger partial charge in [0.1, 0.15) is 5.75 Å². The van der Waals surface area contributed by atoms with Gasteiger partial charge >= 0.3 is 0 Å². The first-order valence-corrected chi connectivity index (χ1v) is 10.5. The lowest BCUT2D eigenvalue weighted by molar-refractivity contribution is 0.122. The number of ether oxygens (including phenoxy) is 1. The van der Waals surface area contributed by atoms with Crippen LogP contribution in [0, 0.1) is 0 Å². The van der Waals surface area contributed by atoms with Crippen LogP contribution in [0.25, 0.3) is 11.4 Å². The first kappa shape index (κ1) is 19.7. The Morgan fingerprint density at radius 2 is 1.61 bits per heavy atom. The molecule has 1 saturated heterocycles. The molecule has 0 spiro atoms. The lowest BCUT2D eigenvalue weighted by Crippen LogP contribution is -2.44. The number of morpholine rings is 1. The van der Waals surface area contributed by atoms with Crippen molar-refractivity contribution < 1.29 is 14.9 Å². The van der Waals surface area contributed by atoms with Gasteiger partial charge < -0.3 is 24.7 Å². The van der Waals surface area contributed by atoms with Crippen molar-refractivity contribution in [1.82, 2.24) is 15.0 Å². The third-order valence-corrected chi connectivity index (χ3v) is 5.87. The van der Waals surface area contributed by atoms with Crippen LogP contribution in [0.1, 0.15) is 11.1 Å². The van der Waals surface area contributed by atoms with Crippen LogP contribution >= 0.6 is 0 Å². The molecule has 2 aromatic carbocycles. The third kappa shape index (κ3) is 3.92. The van der Waals surface area contributed by atoms with Crippen molar-refractivity contribution in [2.45, 2.75) is 19.0 Å². The molecular weight excluding hydrogens is 394 g/mol. The second kappa shape index (κ2) is 8.49. The number of rotatable bonds is 4. The van der Waals surface area contributed by atoms with E-state index in [4.69, 9.17) is 14.7 Å². The van der Waals surface area contributed by atoms with E-state index in [0.29, 0.717) is 56.1 Å². The predicted molar refractivity (Wildman–Crippen MR) is 117 cm³/mol. The summed E-state index contributed by atoms with van der Waals surface area (Å²) < 4.78 is 5.48. The molecule has 2 N–H and O–H groups in total. The molecule has 1 atom stereocenters. The van der Waals surface area contributed by atoms with Gasteiger partial charge in [0.15, 0.2) is 5.82 Å². The predicted octanol–water partition coefficient (Wildman–Crippen LogP) is 2.00. The number of hydrogen-bond donors (Lipinski definition) is 2. The third-order valence-electron chi connectivity index (χ3n) is 5.87. The molecule has 2 aliphatic rings. The number of nitrogens with zero attached hydrogens (tertiary/aromatic N) is 5. The van der Waals surface area contributed by atoms with Crippen molar-refractivity contribution in [3.8, 4) is 17.1 Å². The second-order valence-corrected chi connectivity index (χ2v) is 7.81. The van der Waals surface area contributed by atoms with E-state index in [1.807, 2.05) is 23.1 Å². The smallest absolute Gasteiger partial charge is 0.231 e. The Kier molecular flexibility index (Phi) is 5.40. The van der Waals surface area contributed by atoms with Crippen molar-refractivity contribution in [2.24, 2.45) is 0 Å². The first-order chi connectivity index (χ1) is 15.2. The molecule has 0 saturated carbocycles. The number of benzene rings is 2. The summed E-state index contributed by atoms with van der Waals surface area (Å²) in [6.07, 6.45) is 0.719. The van der Waals surface area contributed by atoms with E-state index >= 15 is 0 Å². The number of phenols is 1. The molecule has 1 fully saturated rings. The van der Waals surface area contributed by atoms with Gasteiger partial charge in [-0.1, -0.05) is 36.4 Å². The van der Waals surface area contributed by atoms with Gasteiger partial charge in [-0.2, -0.15) is 15.0 Å². The summed E-state index contributed by atoms with van der Waals surface area (Å²) in [7, 11) is 0. The Hall–Kier alpha value is -3.23. The summed E-state index contributed by atoms with van der Waals surface area (Å²) in [4.78, 5) is 18.3. The quantitative estimate of drug-likeness (QED) is 0.663. The van der Waals surface area contributed by atoms with Crippen LogP contribution in [0.5, 0.6) is 5.75 Å². The minimum atomic E-state index is -0.132. The Morgan fingerprint density at radius 1 is 0.903 bits per heavy atom. The molecule has 31 heavy (non-hydrogen) atoms.